The molecule has 0 amide bonds. The summed E-state index contributed by atoms with van der Waals surface area (Å²) in [5.41, 5.74) is 0. The first-order valence-corrected chi connectivity index (χ1v) is 7.47. The molecule has 1 saturated heterocycles. The summed E-state index contributed by atoms with van der Waals surface area (Å²) in [6.07, 6.45) is 11.3. The van der Waals surface area contributed by atoms with E-state index in [0.29, 0.717) is 12.0 Å². The summed E-state index contributed by atoms with van der Waals surface area (Å²) in [5.74, 6) is 2.33. The summed E-state index contributed by atoms with van der Waals surface area (Å²) in [7, 11) is 0. The van der Waals surface area contributed by atoms with Gasteiger partial charge in [0.05, 0.1) is 0 Å². The zero-order valence-electron chi connectivity index (χ0n) is 11.0. The number of aromatic nitrogens is 2. The van der Waals surface area contributed by atoms with E-state index in [1.165, 1.54) is 51.4 Å². The molecule has 1 unspecified atom stereocenters. The quantitative estimate of drug-likeness (QED) is 0.837. The normalized spacial score (nSPS) is 26.3. The van der Waals surface area contributed by atoms with Gasteiger partial charge in [-0.3, -0.25) is 0 Å². The Kier molecular flexibility index (Phi) is 3.93. The van der Waals surface area contributed by atoms with Crippen LogP contribution in [0.2, 0.25) is 0 Å². The maximum absolute atomic E-state index is 5.42. The minimum Gasteiger partial charge on any atom is -0.339 e. The fourth-order valence-electron chi connectivity index (χ4n) is 3.20. The van der Waals surface area contributed by atoms with E-state index in [0.717, 1.165) is 24.7 Å². The van der Waals surface area contributed by atoms with Crippen molar-refractivity contribution in [3.63, 3.8) is 0 Å². The van der Waals surface area contributed by atoms with Crippen LogP contribution in [0.3, 0.4) is 0 Å². The standard InChI is InChI=1S/C14H23N3O/c1-2-4-7-11(6-3-1)14-16-13(18-17-14)10-12-8-5-9-15-12/h11-12,15H,1-10H2. The van der Waals surface area contributed by atoms with Gasteiger partial charge in [-0.15, -0.1) is 0 Å². The van der Waals surface area contributed by atoms with E-state index in [1.807, 2.05) is 0 Å². The van der Waals surface area contributed by atoms with Crippen molar-refractivity contribution in [2.75, 3.05) is 6.54 Å². The van der Waals surface area contributed by atoms with Gasteiger partial charge in [0, 0.05) is 18.4 Å². The van der Waals surface area contributed by atoms with Gasteiger partial charge < -0.3 is 9.84 Å². The van der Waals surface area contributed by atoms with Gasteiger partial charge >= 0.3 is 0 Å². The highest BCUT2D eigenvalue weighted by Crippen LogP contribution is 2.29. The minimum absolute atomic E-state index is 0.543. The Bertz CT molecular complexity index is 363. The number of hydrogen-bond donors (Lipinski definition) is 1. The highest BCUT2D eigenvalue weighted by molar-refractivity contribution is 4.98. The molecule has 1 N–H and O–H groups in total. The van der Waals surface area contributed by atoms with Crippen LogP contribution in [0, 0.1) is 0 Å². The predicted octanol–water partition coefficient (Wildman–Crippen LogP) is 2.80. The van der Waals surface area contributed by atoms with Gasteiger partial charge in [0.15, 0.2) is 5.82 Å². The number of nitrogens with one attached hydrogen (secondary N) is 1. The van der Waals surface area contributed by atoms with Gasteiger partial charge in [-0.2, -0.15) is 4.98 Å². The Hall–Kier alpha value is -0.900. The van der Waals surface area contributed by atoms with Crippen molar-refractivity contribution in [2.24, 2.45) is 0 Å². The van der Waals surface area contributed by atoms with E-state index in [1.54, 1.807) is 0 Å². The van der Waals surface area contributed by atoms with Gasteiger partial charge in [-0.05, 0) is 32.2 Å². The average molecular weight is 249 g/mol. The van der Waals surface area contributed by atoms with Crippen molar-refractivity contribution in [2.45, 2.75) is 69.7 Å². The summed E-state index contributed by atoms with van der Waals surface area (Å²) in [6, 6.07) is 0.549. The first-order valence-electron chi connectivity index (χ1n) is 7.47. The zero-order chi connectivity index (χ0) is 12.2. The maximum atomic E-state index is 5.42. The lowest BCUT2D eigenvalue weighted by molar-refractivity contribution is 0.355. The molecular weight excluding hydrogens is 226 g/mol. The minimum atomic E-state index is 0.543. The smallest absolute Gasteiger partial charge is 0.228 e. The molecule has 0 radical (unpaired) electrons. The van der Waals surface area contributed by atoms with Crippen LogP contribution in [0.4, 0.5) is 0 Å². The monoisotopic (exact) mass is 249 g/mol. The van der Waals surface area contributed by atoms with Crippen molar-refractivity contribution in [3.05, 3.63) is 11.7 Å². The summed E-state index contributed by atoms with van der Waals surface area (Å²) in [5, 5.41) is 7.69. The largest absolute Gasteiger partial charge is 0.339 e. The molecule has 1 aliphatic heterocycles. The molecule has 1 aliphatic carbocycles. The lowest BCUT2D eigenvalue weighted by atomic mass is 10.00. The van der Waals surface area contributed by atoms with E-state index < -0.39 is 0 Å². The van der Waals surface area contributed by atoms with Gasteiger partial charge in [0.25, 0.3) is 0 Å². The third-order valence-electron chi connectivity index (χ3n) is 4.29. The molecular formula is C14H23N3O. The van der Waals surface area contributed by atoms with Crippen LogP contribution in [0.5, 0.6) is 0 Å². The topological polar surface area (TPSA) is 51.0 Å². The van der Waals surface area contributed by atoms with Gasteiger partial charge in [-0.25, -0.2) is 0 Å². The zero-order valence-corrected chi connectivity index (χ0v) is 11.0. The van der Waals surface area contributed by atoms with Gasteiger partial charge in [-0.1, -0.05) is 30.8 Å². The first kappa shape index (κ1) is 12.2. The lowest BCUT2D eigenvalue weighted by Gasteiger charge is -2.07. The van der Waals surface area contributed by atoms with Crippen LogP contribution in [0.1, 0.15) is 69.0 Å². The maximum Gasteiger partial charge on any atom is 0.228 e. The van der Waals surface area contributed by atoms with Crippen molar-refractivity contribution < 1.29 is 4.52 Å². The second kappa shape index (κ2) is 5.83. The van der Waals surface area contributed by atoms with Crippen LogP contribution in [-0.4, -0.2) is 22.7 Å². The van der Waals surface area contributed by atoms with E-state index in [-0.39, 0.29) is 0 Å². The highest BCUT2D eigenvalue weighted by atomic mass is 16.5. The first-order chi connectivity index (χ1) is 8.92. The Balaban J connectivity index is 1.60. The fraction of sp³-hybridized carbons (Fsp3) is 0.857. The van der Waals surface area contributed by atoms with Crippen molar-refractivity contribution in [1.82, 2.24) is 15.5 Å². The lowest BCUT2D eigenvalue weighted by Crippen LogP contribution is -2.23. The second-order valence-electron chi connectivity index (χ2n) is 5.73. The van der Waals surface area contributed by atoms with Crippen molar-refractivity contribution >= 4 is 0 Å². The molecule has 2 aliphatic rings. The summed E-state index contributed by atoms with van der Waals surface area (Å²) in [4.78, 5) is 4.62. The number of hydrogen-bond acceptors (Lipinski definition) is 4. The summed E-state index contributed by atoms with van der Waals surface area (Å²) in [6.45, 7) is 1.13. The van der Waals surface area contributed by atoms with Crippen LogP contribution in [0.15, 0.2) is 4.52 Å². The molecule has 100 valence electrons. The molecule has 1 atom stereocenters. The molecule has 2 fully saturated rings. The molecule has 18 heavy (non-hydrogen) atoms. The highest BCUT2D eigenvalue weighted by Gasteiger charge is 2.22. The SMILES string of the molecule is C1CCCC(c2noc(CC3CCCN3)n2)CC1. The third-order valence-corrected chi connectivity index (χ3v) is 4.29. The number of rotatable bonds is 3. The molecule has 1 aromatic rings. The van der Waals surface area contributed by atoms with Crippen molar-refractivity contribution in [3.8, 4) is 0 Å². The second-order valence-corrected chi connectivity index (χ2v) is 5.73. The molecule has 0 aromatic carbocycles. The van der Waals surface area contributed by atoms with Gasteiger partial charge in [0.2, 0.25) is 5.89 Å². The Morgan fingerprint density at radius 1 is 1.06 bits per heavy atom. The van der Waals surface area contributed by atoms with E-state index in [2.05, 4.69) is 15.5 Å². The summed E-state index contributed by atoms with van der Waals surface area (Å²) < 4.78 is 5.42. The number of nitrogens with zero attached hydrogens (tertiary/aromatic N) is 2. The molecule has 1 aromatic heterocycles. The predicted molar refractivity (Wildman–Crippen MR) is 69.5 cm³/mol. The van der Waals surface area contributed by atoms with Crippen LogP contribution in [0.25, 0.3) is 0 Å². The Labute approximate surface area is 109 Å². The summed E-state index contributed by atoms with van der Waals surface area (Å²) >= 11 is 0. The third kappa shape index (κ3) is 2.91. The van der Waals surface area contributed by atoms with E-state index in [4.69, 9.17) is 4.52 Å². The molecule has 0 bridgehead atoms. The molecule has 0 spiro atoms. The Morgan fingerprint density at radius 3 is 2.61 bits per heavy atom. The molecule has 3 rings (SSSR count). The van der Waals surface area contributed by atoms with Gasteiger partial charge in [0.1, 0.15) is 0 Å². The molecule has 1 saturated carbocycles. The van der Waals surface area contributed by atoms with Crippen LogP contribution < -0.4 is 5.32 Å². The van der Waals surface area contributed by atoms with Crippen LogP contribution in [-0.2, 0) is 6.42 Å². The van der Waals surface area contributed by atoms with E-state index >= 15 is 0 Å². The molecule has 2 heterocycles. The fourth-order valence-corrected chi connectivity index (χ4v) is 3.20. The molecule has 4 nitrogen and oxygen atoms in total. The average Bonchev–Trinajstić information content (AvgIpc) is 2.97. The Morgan fingerprint density at radius 2 is 1.89 bits per heavy atom. The molecule has 4 heteroatoms. The van der Waals surface area contributed by atoms with Crippen molar-refractivity contribution in [1.29, 1.82) is 0 Å². The van der Waals surface area contributed by atoms with E-state index in [9.17, 15) is 0 Å². The van der Waals surface area contributed by atoms with Crippen LogP contribution >= 0.6 is 0 Å².